The lowest BCUT2D eigenvalue weighted by molar-refractivity contribution is 0.00537. The molecule has 1 aromatic carbocycles. The van der Waals surface area contributed by atoms with Crippen LogP contribution in [0.1, 0.15) is 18.4 Å². The summed E-state index contributed by atoms with van der Waals surface area (Å²) < 4.78 is 32.7. The van der Waals surface area contributed by atoms with Gasteiger partial charge in [0, 0.05) is 22.9 Å². The van der Waals surface area contributed by atoms with E-state index >= 15 is 0 Å². The fourth-order valence-corrected chi connectivity index (χ4v) is 2.92. The van der Waals surface area contributed by atoms with Gasteiger partial charge in [0.25, 0.3) is 0 Å². The summed E-state index contributed by atoms with van der Waals surface area (Å²) in [6.07, 6.45) is 2.27. The minimum absolute atomic E-state index is 0.178. The summed E-state index contributed by atoms with van der Waals surface area (Å²) >= 11 is 3.45. The molecule has 4 heteroatoms. The Bertz CT molecular complexity index is 369. The molecule has 1 saturated heterocycles. The third kappa shape index (κ3) is 2.86. The Labute approximate surface area is 108 Å². The zero-order valence-electron chi connectivity index (χ0n) is 9.52. The largest absolute Gasteiger partial charge is 0.381 e. The molecule has 1 heterocycles. The van der Waals surface area contributed by atoms with Crippen molar-refractivity contribution in [3.63, 3.8) is 0 Å². The van der Waals surface area contributed by atoms with E-state index in [4.69, 9.17) is 4.74 Å². The van der Waals surface area contributed by atoms with Crippen LogP contribution in [-0.4, -0.2) is 18.5 Å². The lowest BCUT2D eigenvalue weighted by Gasteiger charge is -2.35. The van der Waals surface area contributed by atoms with Crippen molar-refractivity contribution in [1.82, 2.24) is 0 Å². The van der Waals surface area contributed by atoms with Crippen LogP contribution in [0, 0.1) is 17.0 Å². The summed E-state index contributed by atoms with van der Waals surface area (Å²) in [5.41, 5.74) is -0.00109. The molecule has 2 rings (SSSR count). The lowest BCUT2D eigenvalue weighted by atomic mass is 9.79. The Morgan fingerprint density at radius 3 is 2.53 bits per heavy atom. The van der Waals surface area contributed by atoms with E-state index in [-0.39, 0.29) is 11.0 Å². The van der Waals surface area contributed by atoms with Gasteiger partial charge in [-0.2, -0.15) is 0 Å². The third-order valence-electron chi connectivity index (χ3n) is 3.30. The summed E-state index contributed by atoms with van der Waals surface area (Å²) in [5, 5.41) is 0.702. The van der Waals surface area contributed by atoms with Crippen LogP contribution in [-0.2, 0) is 11.2 Å². The predicted octanol–water partition coefficient (Wildman–Crippen LogP) is 3.70. The molecule has 0 aromatic heterocycles. The first-order valence-corrected chi connectivity index (χ1v) is 6.86. The van der Waals surface area contributed by atoms with Gasteiger partial charge in [0.1, 0.15) is 11.6 Å². The Balaban J connectivity index is 2.23. The second-order valence-corrected chi connectivity index (χ2v) is 5.23. The van der Waals surface area contributed by atoms with Crippen molar-refractivity contribution in [2.45, 2.75) is 19.3 Å². The molecule has 0 radical (unpaired) electrons. The molecule has 1 aromatic rings. The van der Waals surface area contributed by atoms with E-state index in [2.05, 4.69) is 15.9 Å². The number of ether oxygens (including phenoxy) is 1. The van der Waals surface area contributed by atoms with Gasteiger partial charge in [-0.1, -0.05) is 22.0 Å². The quantitative estimate of drug-likeness (QED) is 0.774. The molecule has 1 unspecified atom stereocenters. The molecule has 1 aliphatic rings. The summed E-state index contributed by atoms with van der Waals surface area (Å²) in [5.74, 6) is -0.924. The Morgan fingerprint density at radius 1 is 1.29 bits per heavy atom. The van der Waals surface area contributed by atoms with Crippen LogP contribution >= 0.6 is 15.9 Å². The number of alkyl halides is 1. The maximum atomic E-state index is 13.6. The molecule has 1 aliphatic heterocycles. The van der Waals surface area contributed by atoms with Crippen LogP contribution in [0.3, 0.4) is 0 Å². The Morgan fingerprint density at radius 2 is 2.00 bits per heavy atom. The summed E-state index contributed by atoms with van der Waals surface area (Å²) in [4.78, 5) is 0. The van der Waals surface area contributed by atoms with Crippen LogP contribution < -0.4 is 0 Å². The number of hydrogen-bond acceptors (Lipinski definition) is 1. The average Bonchev–Trinajstić information content (AvgIpc) is 2.35. The SMILES string of the molecule is Fc1cccc(F)c1CC1(CBr)CCCOC1. The highest BCUT2D eigenvalue weighted by molar-refractivity contribution is 9.09. The monoisotopic (exact) mass is 304 g/mol. The fourth-order valence-electron chi connectivity index (χ4n) is 2.28. The van der Waals surface area contributed by atoms with Crippen molar-refractivity contribution in [2.75, 3.05) is 18.5 Å². The van der Waals surface area contributed by atoms with Crippen LogP contribution in [0.15, 0.2) is 18.2 Å². The second-order valence-electron chi connectivity index (χ2n) is 4.67. The first-order valence-electron chi connectivity index (χ1n) is 5.73. The van der Waals surface area contributed by atoms with Gasteiger partial charge >= 0.3 is 0 Å². The molecule has 17 heavy (non-hydrogen) atoms. The van der Waals surface area contributed by atoms with Gasteiger partial charge in [-0.3, -0.25) is 0 Å². The second kappa shape index (κ2) is 5.44. The standard InChI is InChI=1S/C13H15BrF2O/c14-8-13(5-2-6-17-9-13)7-10-11(15)3-1-4-12(10)16/h1,3-4H,2,5-9H2. The molecule has 1 atom stereocenters. The number of rotatable bonds is 3. The van der Waals surface area contributed by atoms with Gasteiger partial charge in [0.2, 0.25) is 0 Å². The van der Waals surface area contributed by atoms with E-state index in [1.807, 2.05) is 0 Å². The van der Waals surface area contributed by atoms with Crippen LogP contribution in [0.4, 0.5) is 8.78 Å². The molecule has 94 valence electrons. The maximum Gasteiger partial charge on any atom is 0.129 e. The van der Waals surface area contributed by atoms with E-state index in [0.717, 1.165) is 19.4 Å². The van der Waals surface area contributed by atoms with Crippen LogP contribution in [0.25, 0.3) is 0 Å². The van der Waals surface area contributed by atoms with Crippen molar-refractivity contribution >= 4 is 15.9 Å². The van der Waals surface area contributed by atoms with E-state index in [1.54, 1.807) is 0 Å². The molecule has 0 aliphatic carbocycles. The zero-order chi connectivity index (χ0) is 12.3. The number of halogens is 3. The maximum absolute atomic E-state index is 13.6. The van der Waals surface area contributed by atoms with Crippen LogP contribution in [0.2, 0.25) is 0 Å². The van der Waals surface area contributed by atoms with Crippen molar-refractivity contribution in [1.29, 1.82) is 0 Å². The topological polar surface area (TPSA) is 9.23 Å². The minimum Gasteiger partial charge on any atom is -0.381 e. The van der Waals surface area contributed by atoms with Gasteiger partial charge in [-0.25, -0.2) is 8.78 Å². The lowest BCUT2D eigenvalue weighted by Crippen LogP contribution is -2.36. The molecule has 1 nitrogen and oxygen atoms in total. The molecule has 0 N–H and O–H groups in total. The van der Waals surface area contributed by atoms with Gasteiger partial charge in [0.15, 0.2) is 0 Å². The molecule has 0 spiro atoms. The van der Waals surface area contributed by atoms with Gasteiger partial charge < -0.3 is 4.74 Å². The fraction of sp³-hybridized carbons (Fsp3) is 0.538. The first-order chi connectivity index (χ1) is 8.17. The highest BCUT2D eigenvalue weighted by Gasteiger charge is 2.33. The summed E-state index contributed by atoms with van der Waals surface area (Å²) in [6.45, 7) is 1.31. The van der Waals surface area contributed by atoms with Crippen LogP contribution in [0.5, 0.6) is 0 Å². The van der Waals surface area contributed by atoms with Crippen molar-refractivity contribution in [3.8, 4) is 0 Å². The van der Waals surface area contributed by atoms with Crippen molar-refractivity contribution < 1.29 is 13.5 Å². The van der Waals surface area contributed by atoms with Gasteiger partial charge in [-0.15, -0.1) is 0 Å². The Kier molecular flexibility index (Phi) is 4.15. The Hall–Kier alpha value is -0.480. The average molecular weight is 305 g/mol. The summed E-state index contributed by atoms with van der Waals surface area (Å²) in [7, 11) is 0. The zero-order valence-corrected chi connectivity index (χ0v) is 11.1. The molecular weight excluding hydrogens is 290 g/mol. The highest BCUT2D eigenvalue weighted by Crippen LogP contribution is 2.35. The van der Waals surface area contributed by atoms with E-state index in [0.29, 0.717) is 18.4 Å². The van der Waals surface area contributed by atoms with E-state index < -0.39 is 11.6 Å². The highest BCUT2D eigenvalue weighted by atomic mass is 79.9. The van der Waals surface area contributed by atoms with E-state index in [1.165, 1.54) is 18.2 Å². The predicted molar refractivity (Wildman–Crippen MR) is 66.3 cm³/mol. The normalized spacial score (nSPS) is 24.9. The molecular formula is C13H15BrF2O. The molecule has 1 fully saturated rings. The van der Waals surface area contributed by atoms with Gasteiger partial charge in [0.05, 0.1) is 6.61 Å². The number of benzene rings is 1. The molecule has 0 saturated carbocycles. The van der Waals surface area contributed by atoms with E-state index in [9.17, 15) is 8.78 Å². The summed E-state index contributed by atoms with van der Waals surface area (Å²) in [6, 6.07) is 4.01. The number of hydrogen-bond donors (Lipinski definition) is 0. The minimum atomic E-state index is -0.462. The van der Waals surface area contributed by atoms with Gasteiger partial charge in [-0.05, 0) is 31.4 Å². The van der Waals surface area contributed by atoms with Crippen molar-refractivity contribution in [3.05, 3.63) is 35.4 Å². The molecule has 0 bridgehead atoms. The third-order valence-corrected chi connectivity index (χ3v) is 4.49. The first kappa shape index (κ1) is 13.0. The molecule has 0 amide bonds. The van der Waals surface area contributed by atoms with Crippen molar-refractivity contribution in [2.24, 2.45) is 5.41 Å². The smallest absolute Gasteiger partial charge is 0.129 e.